The molecule has 6 heteroatoms. The van der Waals surface area contributed by atoms with Crippen molar-refractivity contribution in [2.75, 3.05) is 20.3 Å². The van der Waals surface area contributed by atoms with Gasteiger partial charge in [-0.05, 0) is 43.3 Å². The summed E-state index contributed by atoms with van der Waals surface area (Å²) in [6.45, 7) is 1.34. The highest BCUT2D eigenvalue weighted by molar-refractivity contribution is 5.96. The van der Waals surface area contributed by atoms with Crippen molar-refractivity contribution < 1.29 is 28.6 Å². The summed E-state index contributed by atoms with van der Waals surface area (Å²) in [6, 6.07) is 12.6. The molecule has 130 valence electrons. The number of benzene rings is 2. The molecule has 0 fully saturated rings. The number of esters is 2. The summed E-state index contributed by atoms with van der Waals surface area (Å²) in [4.78, 5) is 34.9. The van der Waals surface area contributed by atoms with Crippen molar-refractivity contribution in [2.24, 2.45) is 0 Å². The lowest BCUT2D eigenvalue weighted by atomic mass is 10.1. The molecule has 0 heterocycles. The van der Waals surface area contributed by atoms with Crippen molar-refractivity contribution in [3.63, 3.8) is 0 Å². The third-order valence-electron chi connectivity index (χ3n) is 3.40. The van der Waals surface area contributed by atoms with Crippen LogP contribution in [0.5, 0.6) is 5.75 Å². The summed E-state index contributed by atoms with van der Waals surface area (Å²) in [6.07, 6.45) is 0. The van der Waals surface area contributed by atoms with Crippen molar-refractivity contribution >= 4 is 17.7 Å². The summed E-state index contributed by atoms with van der Waals surface area (Å²) in [5.74, 6) is -0.494. The van der Waals surface area contributed by atoms with Gasteiger partial charge in [0.2, 0.25) is 0 Å². The van der Waals surface area contributed by atoms with Crippen molar-refractivity contribution in [1.29, 1.82) is 0 Å². The number of carbonyl (C=O) groups excluding carboxylic acids is 3. The van der Waals surface area contributed by atoms with E-state index in [-0.39, 0.29) is 19.0 Å². The number of carbonyl (C=O) groups is 3. The predicted octanol–water partition coefficient (Wildman–Crippen LogP) is 2.91. The maximum atomic E-state index is 11.8. The number of hydrogen-bond acceptors (Lipinski definition) is 6. The standard InChI is InChI=1S/C19H18O6/c1-13(20)14-3-5-15(6-4-14)18(21)24-11-12-25-19(22)16-7-9-17(23-2)10-8-16/h3-10H,11-12H2,1-2H3. The van der Waals surface area contributed by atoms with Gasteiger partial charge in [0.1, 0.15) is 19.0 Å². The molecule has 0 saturated carbocycles. The van der Waals surface area contributed by atoms with Crippen LogP contribution in [0.1, 0.15) is 38.0 Å². The molecular formula is C19H18O6. The molecule has 0 aliphatic carbocycles. The van der Waals surface area contributed by atoms with Gasteiger partial charge in [-0.15, -0.1) is 0 Å². The van der Waals surface area contributed by atoms with Crippen LogP contribution in [0.3, 0.4) is 0 Å². The minimum Gasteiger partial charge on any atom is -0.497 e. The van der Waals surface area contributed by atoms with Gasteiger partial charge >= 0.3 is 11.9 Å². The molecule has 0 bridgehead atoms. The first-order valence-corrected chi connectivity index (χ1v) is 7.60. The zero-order valence-electron chi connectivity index (χ0n) is 14.0. The van der Waals surface area contributed by atoms with Crippen LogP contribution >= 0.6 is 0 Å². The SMILES string of the molecule is COc1ccc(C(=O)OCCOC(=O)c2ccc(C(C)=O)cc2)cc1. The predicted molar refractivity (Wildman–Crippen MR) is 90.0 cm³/mol. The lowest BCUT2D eigenvalue weighted by Crippen LogP contribution is -2.14. The van der Waals surface area contributed by atoms with E-state index in [2.05, 4.69) is 0 Å². The fourth-order valence-electron chi connectivity index (χ4n) is 2.00. The summed E-state index contributed by atoms with van der Waals surface area (Å²) >= 11 is 0. The van der Waals surface area contributed by atoms with E-state index in [0.717, 1.165) is 0 Å². The zero-order valence-corrected chi connectivity index (χ0v) is 14.0. The van der Waals surface area contributed by atoms with Crippen LogP contribution in [0, 0.1) is 0 Å². The van der Waals surface area contributed by atoms with E-state index < -0.39 is 11.9 Å². The molecule has 0 amide bonds. The Bertz CT molecular complexity index is 746. The fourth-order valence-corrected chi connectivity index (χ4v) is 2.00. The molecular weight excluding hydrogens is 324 g/mol. The van der Waals surface area contributed by atoms with E-state index in [1.807, 2.05) is 0 Å². The largest absolute Gasteiger partial charge is 0.497 e. The van der Waals surface area contributed by atoms with Gasteiger partial charge in [-0.1, -0.05) is 12.1 Å². The second-order valence-corrected chi connectivity index (χ2v) is 5.13. The Hall–Kier alpha value is -3.15. The maximum Gasteiger partial charge on any atom is 0.338 e. The van der Waals surface area contributed by atoms with Gasteiger partial charge in [0.05, 0.1) is 18.2 Å². The maximum absolute atomic E-state index is 11.8. The monoisotopic (exact) mass is 342 g/mol. The Morgan fingerprint density at radius 2 is 1.12 bits per heavy atom. The summed E-state index contributed by atoms with van der Waals surface area (Å²) in [7, 11) is 1.54. The number of ether oxygens (including phenoxy) is 3. The van der Waals surface area contributed by atoms with E-state index in [1.54, 1.807) is 36.4 Å². The first kappa shape index (κ1) is 18.2. The van der Waals surface area contributed by atoms with E-state index in [9.17, 15) is 14.4 Å². The van der Waals surface area contributed by atoms with Crippen molar-refractivity contribution in [2.45, 2.75) is 6.92 Å². The highest BCUT2D eigenvalue weighted by Gasteiger charge is 2.10. The van der Waals surface area contributed by atoms with Crippen LogP contribution in [0.2, 0.25) is 0 Å². The number of ketones is 1. The third-order valence-corrected chi connectivity index (χ3v) is 3.40. The van der Waals surface area contributed by atoms with Crippen LogP contribution in [0.4, 0.5) is 0 Å². The molecule has 2 aromatic rings. The molecule has 0 unspecified atom stereocenters. The second kappa shape index (κ2) is 8.63. The number of methoxy groups -OCH3 is 1. The van der Waals surface area contributed by atoms with Gasteiger partial charge in [-0.2, -0.15) is 0 Å². The lowest BCUT2D eigenvalue weighted by molar-refractivity contribution is 0.0265. The molecule has 6 nitrogen and oxygen atoms in total. The van der Waals surface area contributed by atoms with Gasteiger partial charge in [0.25, 0.3) is 0 Å². The van der Waals surface area contributed by atoms with Crippen LogP contribution in [0.25, 0.3) is 0 Å². The topological polar surface area (TPSA) is 78.9 Å². The molecule has 0 aliphatic rings. The summed E-state index contributed by atoms with van der Waals surface area (Å²) < 4.78 is 15.1. The quantitative estimate of drug-likeness (QED) is 0.437. The highest BCUT2D eigenvalue weighted by atomic mass is 16.6. The lowest BCUT2D eigenvalue weighted by Gasteiger charge is -2.07. The van der Waals surface area contributed by atoms with Gasteiger partial charge in [0, 0.05) is 5.56 Å². The molecule has 0 spiro atoms. The Morgan fingerprint density at radius 1 is 0.720 bits per heavy atom. The Kier molecular flexibility index (Phi) is 6.28. The van der Waals surface area contributed by atoms with Gasteiger partial charge in [-0.3, -0.25) is 4.79 Å². The average molecular weight is 342 g/mol. The van der Waals surface area contributed by atoms with Crippen LogP contribution < -0.4 is 4.74 Å². The Balaban J connectivity index is 1.77. The van der Waals surface area contributed by atoms with E-state index in [1.165, 1.54) is 26.2 Å². The van der Waals surface area contributed by atoms with Crippen LogP contribution in [0.15, 0.2) is 48.5 Å². The molecule has 2 rings (SSSR count). The Morgan fingerprint density at radius 3 is 1.52 bits per heavy atom. The highest BCUT2D eigenvalue weighted by Crippen LogP contribution is 2.12. The normalized spacial score (nSPS) is 10.0. The molecule has 0 radical (unpaired) electrons. The first-order chi connectivity index (χ1) is 12.0. The first-order valence-electron chi connectivity index (χ1n) is 7.60. The van der Waals surface area contributed by atoms with Crippen molar-refractivity contribution in [3.05, 3.63) is 65.2 Å². The molecule has 0 atom stereocenters. The number of Topliss-reactive ketones (excluding diaryl/α,β-unsaturated/α-hetero) is 1. The van der Waals surface area contributed by atoms with Crippen LogP contribution in [-0.2, 0) is 9.47 Å². The van der Waals surface area contributed by atoms with Crippen molar-refractivity contribution in [1.82, 2.24) is 0 Å². The molecule has 25 heavy (non-hydrogen) atoms. The van der Waals surface area contributed by atoms with E-state index >= 15 is 0 Å². The minimum absolute atomic E-state index is 0.0534. The third kappa shape index (κ3) is 5.17. The minimum atomic E-state index is -0.546. The summed E-state index contributed by atoms with van der Waals surface area (Å²) in [5.41, 5.74) is 1.23. The van der Waals surface area contributed by atoms with Gasteiger partial charge in [0.15, 0.2) is 5.78 Å². The molecule has 0 saturated heterocycles. The summed E-state index contributed by atoms with van der Waals surface area (Å²) in [5, 5.41) is 0. The molecule has 0 aliphatic heterocycles. The van der Waals surface area contributed by atoms with Gasteiger partial charge in [-0.25, -0.2) is 9.59 Å². The fraction of sp³-hybridized carbons (Fsp3) is 0.211. The Labute approximate surface area is 145 Å². The second-order valence-electron chi connectivity index (χ2n) is 5.13. The van der Waals surface area contributed by atoms with Crippen molar-refractivity contribution in [3.8, 4) is 5.75 Å². The molecule has 0 N–H and O–H groups in total. The average Bonchev–Trinajstić information content (AvgIpc) is 2.65. The van der Waals surface area contributed by atoms with Crippen LogP contribution in [-0.4, -0.2) is 38.0 Å². The molecule has 2 aromatic carbocycles. The number of rotatable bonds is 7. The molecule has 0 aromatic heterocycles. The van der Waals surface area contributed by atoms with Gasteiger partial charge < -0.3 is 14.2 Å². The number of hydrogen-bond donors (Lipinski definition) is 0. The smallest absolute Gasteiger partial charge is 0.338 e. The van der Waals surface area contributed by atoms with E-state index in [4.69, 9.17) is 14.2 Å². The van der Waals surface area contributed by atoms with E-state index in [0.29, 0.717) is 22.4 Å². The zero-order chi connectivity index (χ0) is 18.2.